The normalized spacial score (nSPS) is 33.1. The summed E-state index contributed by atoms with van der Waals surface area (Å²) < 4.78 is 13.2. The maximum atomic E-state index is 13.2. The first-order valence-corrected chi connectivity index (χ1v) is 7.86. The first kappa shape index (κ1) is 14.0. The molecule has 2 saturated carbocycles. The van der Waals surface area contributed by atoms with Crippen molar-refractivity contribution in [1.29, 1.82) is 0 Å². The molecule has 3 rings (SSSR count). The van der Waals surface area contributed by atoms with Crippen LogP contribution in [0.5, 0.6) is 0 Å². The lowest BCUT2D eigenvalue weighted by Gasteiger charge is -2.37. The van der Waals surface area contributed by atoms with Gasteiger partial charge >= 0.3 is 0 Å². The minimum Gasteiger partial charge on any atom is -0.396 e. The van der Waals surface area contributed by atoms with E-state index in [4.69, 9.17) is 0 Å². The van der Waals surface area contributed by atoms with E-state index < -0.39 is 0 Å². The molecule has 0 bridgehead atoms. The number of halogens is 1. The monoisotopic (exact) mass is 277 g/mol. The molecule has 2 nitrogen and oxygen atoms in total. The Bertz CT molecular complexity index is 444. The van der Waals surface area contributed by atoms with Crippen LogP contribution in [0.15, 0.2) is 24.3 Å². The van der Waals surface area contributed by atoms with Crippen LogP contribution in [0.3, 0.4) is 0 Å². The highest BCUT2D eigenvalue weighted by Crippen LogP contribution is 2.38. The summed E-state index contributed by atoms with van der Waals surface area (Å²) in [6.45, 7) is 1.37. The zero-order valence-electron chi connectivity index (χ0n) is 11.9. The molecule has 0 radical (unpaired) electrons. The van der Waals surface area contributed by atoms with Gasteiger partial charge in [-0.15, -0.1) is 0 Å². The summed E-state index contributed by atoms with van der Waals surface area (Å²) in [6.07, 6.45) is 5.91. The summed E-state index contributed by atoms with van der Waals surface area (Å²) in [6, 6.07) is 7.58. The highest BCUT2D eigenvalue weighted by molar-refractivity contribution is 5.23. The molecule has 0 aromatic heterocycles. The van der Waals surface area contributed by atoms with Crippen LogP contribution in [0.25, 0.3) is 0 Å². The second kappa shape index (κ2) is 6.23. The smallest absolute Gasteiger partial charge is 0.123 e. The van der Waals surface area contributed by atoms with E-state index in [1.54, 1.807) is 12.1 Å². The molecular formula is C17H24FNO. The van der Waals surface area contributed by atoms with Crippen molar-refractivity contribution >= 4 is 0 Å². The largest absolute Gasteiger partial charge is 0.396 e. The van der Waals surface area contributed by atoms with Gasteiger partial charge in [0.05, 0.1) is 0 Å². The Morgan fingerprint density at radius 2 is 2.00 bits per heavy atom. The van der Waals surface area contributed by atoms with Crippen LogP contribution in [-0.2, 0) is 0 Å². The zero-order valence-corrected chi connectivity index (χ0v) is 11.9. The van der Waals surface area contributed by atoms with Crippen molar-refractivity contribution in [2.75, 3.05) is 13.2 Å². The SMILES string of the molecule is OCC1CCCC1CNC1CC(c2cccc(F)c2)C1. The van der Waals surface area contributed by atoms with Gasteiger partial charge in [-0.1, -0.05) is 18.6 Å². The van der Waals surface area contributed by atoms with E-state index in [9.17, 15) is 9.50 Å². The number of rotatable bonds is 5. The highest BCUT2D eigenvalue weighted by Gasteiger charge is 2.32. The average Bonchev–Trinajstić information content (AvgIpc) is 2.84. The van der Waals surface area contributed by atoms with Gasteiger partial charge in [0.2, 0.25) is 0 Å². The number of benzene rings is 1. The third-order valence-corrected chi connectivity index (χ3v) is 5.18. The molecule has 2 aliphatic rings. The Balaban J connectivity index is 1.42. The first-order chi connectivity index (χ1) is 9.76. The van der Waals surface area contributed by atoms with E-state index in [0.717, 1.165) is 24.9 Å². The second-order valence-corrected chi connectivity index (χ2v) is 6.46. The lowest BCUT2D eigenvalue weighted by atomic mass is 9.75. The molecule has 1 aromatic carbocycles. The molecular weight excluding hydrogens is 253 g/mol. The van der Waals surface area contributed by atoms with Gasteiger partial charge in [0.25, 0.3) is 0 Å². The molecule has 110 valence electrons. The Labute approximate surface area is 120 Å². The molecule has 0 aliphatic heterocycles. The van der Waals surface area contributed by atoms with Gasteiger partial charge in [0.1, 0.15) is 5.82 Å². The van der Waals surface area contributed by atoms with Gasteiger partial charge in [-0.2, -0.15) is 0 Å². The molecule has 0 amide bonds. The number of aliphatic hydroxyl groups is 1. The molecule has 0 heterocycles. The summed E-state index contributed by atoms with van der Waals surface area (Å²) in [4.78, 5) is 0. The van der Waals surface area contributed by atoms with E-state index >= 15 is 0 Å². The van der Waals surface area contributed by atoms with Crippen LogP contribution in [0.4, 0.5) is 4.39 Å². The van der Waals surface area contributed by atoms with E-state index in [1.165, 1.54) is 25.3 Å². The van der Waals surface area contributed by atoms with E-state index in [-0.39, 0.29) is 5.82 Å². The summed E-state index contributed by atoms with van der Waals surface area (Å²) in [5.74, 6) is 1.53. The quantitative estimate of drug-likeness (QED) is 0.867. The van der Waals surface area contributed by atoms with Gasteiger partial charge in [0, 0.05) is 12.6 Å². The van der Waals surface area contributed by atoms with Crippen molar-refractivity contribution < 1.29 is 9.50 Å². The number of nitrogens with one attached hydrogen (secondary N) is 1. The van der Waals surface area contributed by atoms with Crippen LogP contribution in [0.1, 0.15) is 43.6 Å². The molecule has 1 aromatic rings. The van der Waals surface area contributed by atoms with Crippen molar-refractivity contribution in [2.24, 2.45) is 11.8 Å². The Morgan fingerprint density at radius 3 is 2.75 bits per heavy atom. The predicted octanol–water partition coefficient (Wildman–Crippen LogP) is 3.07. The molecule has 0 spiro atoms. The van der Waals surface area contributed by atoms with Gasteiger partial charge < -0.3 is 10.4 Å². The predicted molar refractivity (Wildman–Crippen MR) is 78.1 cm³/mol. The van der Waals surface area contributed by atoms with Crippen LogP contribution < -0.4 is 5.32 Å². The average molecular weight is 277 g/mol. The number of hydrogen-bond acceptors (Lipinski definition) is 2. The van der Waals surface area contributed by atoms with Crippen molar-refractivity contribution in [2.45, 2.75) is 44.1 Å². The lowest BCUT2D eigenvalue weighted by molar-refractivity contribution is 0.182. The topological polar surface area (TPSA) is 32.3 Å². The maximum Gasteiger partial charge on any atom is 0.123 e. The standard InChI is InChI=1S/C17H24FNO/c18-16-6-2-3-12(7-16)15-8-17(9-15)19-10-13-4-1-5-14(13)11-20/h2-3,6-7,13-15,17,19-20H,1,4-5,8-11H2. The maximum absolute atomic E-state index is 13.2. The Kier molecular flexibility index (Phi) is 4.37. The minimum atomic E-state index is -0.129. The summed E-state index contributed by atoms with van der Waals surface area (Å²) >= 11 is 0. The minimum absolute atomic E-state index is 0.129. The highest BCUT2D eigenvalue weighted by atomic mass is 19.1. The summed E-state index contributed by atoms with van der Waals surface area (Å²) in [7, 11) is 0. The first-order valence-electron chi connectivity index (χ1n) is 7.86. The third-order valence-electron chi connectivity index (χ3n) is 5.18. The molecule has 2 unspecified atom stereocenters. The van der Waals surface area contributed by atoms with Crippen molar-refractivity contribution in [1.82, 2.24) is 5.32 Å². The van der Waals surface area contributed by atoms with Gasteiger partial charge in [-0.05, 0) is 67.7 Å². The Hall–Kier alpha value is -0.930. The lowest BCUT2D eigenvalue weighted by Crippen LogP contribution is -2.42. The number of hydrogen-bond donors (Lipinski definition) is 2. The van der Waals surface area contributed by atoms with Crippen LogP contribution in [0, 0.1) is 17.7 Å². The van der Waals surface area contributed by atoms with Gasteiger partial charge in [-0.3, -0.25) is 0 Å². The molecule has 20 heavy (non-hydrogen) atoms. The van der Waals surface area contributed by atoms with E-state index in [0.29, 0.717) is 30.4 Å². The molecule has 0 saturated heterocycles. The fraction of sp³-hybridized carbons (Fsp3) is 0.647. The van der Waals surface area contributed by atoms with Crippen LogP contribution in [0.2, 0.25) is 0 Å². The van der Waals surface area contributed by atoms with Gasteiger partial charge in [0.15, 0.2) is 0 Å². The summed E-state index contributed by atoms with van der Waals surface area (Å²) in [5.41, 5.74) is 1.14. The van der Waals surface area contributed by atoms with E-state index in [1.807, 2.05) is 6.07 Å². The van der Waals surface area contributed by atoms with Crippen molar-refractivity contribution in [3.8, 4) is 0 Å². The second-order valence-electron chi connectivity index (χ2n) is 6.46. The van der Waals surface area contributed by atoms with Crippen molar-refractivity contribution in [3.63, 3.8) is 0 Å². The summed E-state index contributed by atoms with van der Waals surface area (Å²) in [5, 5.41) is 13.0. The molecule has 3 heteroatoms. The van der Waals surface area contributed by atoms with E-state index in [2.05, 4.69) is 5.32 Å². The third kappa shape index (κ3) is 3.04. The molecule has 2 atom stereocenters. The zero-order chi connectivity index (χ0) is 13.9. The fourth-order valence-corrected chi connectivity index (χ4v) is 3.76. The molecule has 2 fully saturated rings. The molecule has 2 N–H and O–H groups in total. The molecule has 2 aliphatic carbocycles. The number of aliphatic hydroxyl groups excluding tert-OH is 1. The van der Waals surface area contributed by atoms with Gasteiger partial charge in [-0.25, -0.2) is 4.39 Å². The fourth-order valence-electron chi connectivity index (χ4n) is 3.76. The van der Waals surface area contributed by atoms with Crippen LogP contribution in [-0.4, -0.2) is 24.3 Å². The van der Waals surface area contributed by atoms with Crippen LogP contribution >= 0.6 is 0 Å². The Morgan fingerprint density at radius 1 is 1.20 bits per heavy atom. The van der Waals surface area contributed by atoms with Crippen molar-refractivity contribution in [3.05, 3.63) is 35.6 Å².